The third kappa shape index (κ3) is 6.14. The highest BCUT2D eigenvalue weighted by Gasteiger charge is 2.47. The summed E-state index contributed by atoms with van der Waals surface area (Å²) in [6.07, 6.45) is 3.54. The molecular weight excluding hydrogens is 673 g/mol. The van der Waals surface area contributed by atoms with E-state index in [1.807, 2.05) is 57.7 Å². The number of pyridine rings is 3. The second-order valence-corrected chi connectivity index (χ2v) is 14.1. The maximum absolute atomic E-state index is 15.6. The van der Waals surface area contributed by atoms with E-state index in [2.05, 4.69) is 6.58 Å². The van der Waals surface area contributed by atoms with Crippen molar-refractivity contribution in [1.29, 1.82) is 0 Å². The molecule has 13 heteroatoms. The fourth-order valence-electron chi connectivity index (χ4n) is 7.28. The predicted molar refractivity (Wildman–Crippen MR) is 199 cm³/mol. The summed E-state index contributed by atoms with van der Waals surface area (Å²) in [6.45, 7) is 12.7. The minimum atomic E-state index is -0.785. The number of methoxy groups -OCH3 is 1. The molecule has 2 atom stereocenters. The first kappa shape index (κ1) is 36.0. The zero-order valence-corrected chi connectivity index (χ0v) is 30.8. The molecule has 0 bridgehead atoms. The van der Waals surface area contributed by atoms with E-state index < -0.39 is 17.4 Å². The summed E-state index contributed by atoms with van der Waals surface area (Å²) < 4.78 is 22.7. The molecule has 2 aliphatic rings. The van der Waals surface area contributed by atoms with Crippen LogP contribution in [0.5, 0.6) is 5.75 Å². The largest absolute Gasteiger partial charge is 0.496 e. The number of halogens is 2. The van der Waals surface area contributed by atoms with E-state index in [0.717, 1.165) is 5.56 Å². The molecule has 0 radical (unpaired) electrons. The number of rotatable bonds is 9. The number of piperazine rings is 1. The van der Waals surface area contributed by atoms with Gasteiger partial charge in [0.2, 0.25) is 5.91 Å². The summed E-state index contributed by atoms with van der Waals surface area (Å²) in [5.74, 6) is -1.01. The van der Waals surface area contributed by atoms with Crippen LogP contribution in [0.2, 0.25) is 5.02 Å². The van der Waals surface area contributed by atoms with Crippen molar-refractivity contribution in [3.63, 3.8) is 0 Å². The van der Waals surface area contributed by atoms with Gasteiger partial charge < -0.3 is 24.3 Å². The second kappa shape index (κ2) is 14.1. The molecule has 0 N–H and O–H groups in total. The van der Waals surface area contributed by atoms with E-state index in [-0.39, 0.29) is 76.8 Å². The molecule has 6 rings (SSSR count). The summed E-state index contributed by atoms with van der Waals surface area (Å²) in [7, 11) is 5.33. The molecule has 0 spiro atoms. The van der Waals surface area contributed by atoms with E-state index in [4.69, 9.17) is 26.3 Å². The minimum Gasteiger partial charge on any atom is -0.496 e. The van der Waals surface area contributed by atoms with Crippen LogP contribution in [0.1, 0.15) is 44.4 Å². The lowest BCUT2D eigenvalue weighted by Crippen LogP contribution is -2.66. The van der Waals surface area contributed by atoms with Gasteiger partial charge in [0.25, 0.3) is 11.5 Å². The molecule has 2 amide bonds. The Morgan fingerprint density at radius 1 is 1.18 bits per heavy atom. The Labute approximate surface area is 301 Å². The number of hydrogen-bond donors (Lipinski definition) is 0. The first-order valence-electron chi connectivity index (χ1n) is 17.0. The molecule has 11 nitrogen and oxygen atoms in total. The third-order valence-corrected chi connectivity index (χ3v) is 9.99. The topological polar surface area (TPSA) is 104 Å². The lowest BCUT2D eigenvalue weighted by atomic mass is 9.97. The number of aryl methyl sites for hydroxylation is 1. The van der Waals surface area contributed by atoms with E-state index in [9.17, 15) is 9.59 Å². The zero-order valence-electron chi connectivity index (χ0n) is 30.0. The summed E-state index contributed by atoms with van der Waals surface area (Å²) in [5.41, 5.74) is 2.56. The zero-order chi connectivity index (χ0) is 36.9. The summed E-state index contributed by atoms with van der Waals surface area (Å²) in [6, 6.07) is 6.87. The average molecular weight is 716 g/mol. The van der Waals surface area contributed by atoms with Crippen molar-refractivity contribution >= 4 is 45.8 Å². The van der Waals surface area contributed by atoms with Crippen LogP contribution in [-0.4, -0.2) is 95.6 Å². The standard InChI is InChI=1S/C38H43ClFN7O4/c1-9-29(48)45-20-27-37(49)44(17-11-16-43(6)7)35-34(46(27)19-23(45)5)24-18-25(39)32(30-26(40)12-10-13-28(30)51-8)42-36(24)47(38(35)50)33-22(4)14-15-41-31(33)21(2)3/h9-10,12-15,18,21,23,27H,1,11,16-17,19-20H2,2-8H3. The molecule has 1 saturated heterocycles. The summed E-state index contributed by atoms with van der Waals surface area (Å²) >= 11 is 7.05. The Balaban J connectivity index is 1.76. The van der Waals surface area contributed by atoms with Crippen molar-refractivity contribution in [3.8, 4) is 22.7 Å². The van der Waals surface area contributed by atoms with Gasteiger partial charge >= 0.3 is 0 Å². The van der Waals surface area contributed by atoms with Crippen LogP contribution in [0, 0.1) is 12.7 Å². The number of benzene rings is 1. The predicted octanol–water partition coefficient (Wildman–Crippen LogP) is 5.57. The van der Waals surface area contributed by atoms with Crippen LogP contribution in [0.3, 0.4) is 0 Å². The molecule has 268 valence electrons. The van der Waals surface area contributed by atoms with E-state index in [1.165, 1.54) is 29.9 Å². The van der Waals surface area contributed by atoms with Gasteiger partial charge in [-0.15, -0.1) is 0 Å². The molecule has 0 saturated carbocycles. The monoisotopic (exact) mass is 715 g/mol. The van der Waals surface area contributed by atoms with Crippen LogP contribution in [-0.2, 0) is 9.59 Å². The van der Waals surface area contributed by atoms with Gasteiger partial charge in [-0.05, 0) is 82.7 Å². The van der Waals surface area contributed by atoms with Crippen molar-refractivity contribution in [2.24, 2.45) is 0 Å². The lowest BCUT2D eigenvalue weighted by Gasteiger charge is -2.50. The average Bonchev–Trinajstić information content (AvgIpc) is 3.09. The van der Waals surface area contributed by atoms with E-state index in [1.54, 1.807) is 28.1 Å². The Bertz CT molecular complexity index is 2120. The maximum Gasteiger partial charge on any atom is 0.283 e. The Hall–Kier alpha value is -4.81. The minimum absolute atomic E-state index is 0.0548. The first-order valence-corrected chi connectivity index (χ1v) is 17.4. The van der Waals surface area contributed by atoms with Gasteiger partial charge in [0.1, 0.15) is 23.3 Å². The molecule has 0 aliphatic carbocycles. The fraction of sp³-hybridized carbons (Fsp3) is 0.395. The van der Waals surface area contributed by atoms with Crippen molar-refractivity contribution in [2.75, 3.05) is 57.2 Å². The number of aromatic nitrogens is 3. The van der Waals surface area contributed by atoms with Crippen molar-refractivity contribution < 1.29 is 18.7 Å². The summed E-state index contributed by atoms with van der Waals surface area (Å²) in [4.78, 5) is 59.7. The highest BCUT2D eigenvalue weighted by Crippen LogP contribution is 2.45. The number of anilines is 2. The van der Waals surface area contributed by atoms with Crippen molar-refractivity contribution in [1.82, 2.24) is 24.3 Å². The number of fused-ring (bicyclic) bond motifs is 5. The quantitative estimate of drug-likeness (QED) is 0.207. The highest BCUT2D eigenvalue weighted by molar-refractivity contribution is 6.34. The van der Waals surface area contributed by atoms with Crippen LogP contribution in [0.4, 0.5) is 15.8 Å². The van der Waals surface area contributed by atoms with Crippen LogP contribution < -0.4 is 20.1 Å². The number of ether oxygens (including phenoxy) is 1. The van der Waals surface area contributed by atoms with Gasteiger partial charge in [-0.1, -0.05) is 38.1 Å². The normalized spacial score (nSPS) is 17.3. The van der Waals surface area contributed by atoms with Gasteiger partial charge in [-0.25, -0.2) is 9.37 Å². The fourth-order valence-corrected chi connectivity index (χ4v) is 7.52. The van der Waals surface area contributed by atoms with Gasteiger partial charge in [0, 0.05) is 30.7 Å². The molecule has 1 aromatic carbocycles. The summed E-state index contributed by atoms with van der Waals surface area (Å²) in [5, 5.41) is 0.629. The number of carbonyl (C=O) groups excluding carboxylic acids is 2. The van der Waals surface area contributed by atoms with Crippen LogP contribution >= 0.6 is 11.6 Å². The Morgan fingerprint density at radius 2 is 1.92 bits per heavy atom. The van der Waals surface area contributed by atoms with Gasteiger partial charge in [0.15, 0.2) is 5.65 Å². The number of hydrogen-bond acceptors (Lipinski definition) is 8. The molecule has 51 heavy (non-hydrogen) atoms. The highest BCUT2D eigenvalue weighted by atomic mass is 35.5. The Kier molecular flexibility index (Phi) is 9.93. The number of amides is 2. The number of nitrogens with zero attached hydrogens (tertiary/aromatic N) is 7. The molecule has 2 aliphatic heterocycles. The van der Waals surface area contributed by atoms with Gasteiger partial charge in [-0.3, -0.25) is 23.9 Å². The van der Waals surface area contributed by atoms with Gasteiger partial charge in [0.05, 0.1) is 47.0 Å². The van der Waals surface area contributed by atoms with Gasteiger partial charge in [-0.2, -0.15) is 0 Å². The Morgan fingerprint density at radius 3 is 2.59 bits per heavy atom. The molecule has 4 aromatic rings. The van der Waals surface area contributed by atoms with E-state index in [0.29, 0.717) is 35.4 Å². The van der Waals surface area contributed by atoms with Crippen LogP contribution in [0.25, 0.3) is 28.0 Å². The smallest absolute Gasteiger partial charge is 0.283 e. The lowest BCUT2D eigenvalue weighted by molar-refractivity contribution is -0.130. The maximum atomic E-state index is 15.6. The van der Waals surface area contributed by atoms with Crippen LogP contribution in [0.15, 0.2) is 54.0 Å². The molecule has 3 aromatic heterocycles. The molecule has 5 heterocycles. The molecule has 1 fully saturated rings. The van der Waals surface area contributed by atoms with E-state index >= 15 is 9.18 Å². The van der Waals surface area contributed by atoms with Crippen molar-refractivity contribution in [3.05, 3.63) is 81.6 Å². The second-order valence-electron chi connectivity index (χ2n) is 13.7. The molecular formula is C38H43ClFN7O4. The third-order valence-electron chi connectivity index (χ3n) is 9.70. The molecule has 2 unspecified atom stereocenters. The first-order chi connectivity index (χ1) is 24.3. The van der Waals surface area contributed by atoms with Crippen molar-refractivity contribution in [2.45, 2.75) is 52.1 Å². The SMILES string of the molecule is C=CC(=O)N1CC2C(=O)N(CCCN(C)C)c3c(c4cc(Cl)c(-c5c(F)cccc5OC)nc4n(-c4c(C)ccnc4C(C)C)c3=O)N2CC1C. The number of carbonyl (C=O) groups is 2.